The first kappa shape index (κ1) is 16.9. The summed E-state index contributed by atoms with van der Waals surface area (Å²) in [5.74, 6) is -0.727. The van der Waals surface area contributed by atoms with Crippen LogP contribution in [0, 0.1) is 12.7 Å². The van der Waals surface area contributed by atoms with Crippen molar-refractivity contribution in [1.82, 2.24) is 0 Å². The van der Waals surface area contributed by atoms with Gasteiger partial charge in [0.1, 0.15) is 11.6 Å². The molecule has 22 heavy (non-hydrogen) atoms. The van der Waals surface area contributed by atoms with E-state index < -0.39 is 11.7 Å². The molecule has 1 amide bonds. The van der Waals surface area contributed by atoms with E-state index in [0.717, 1.165) is 11.6 Å². The lowest BCUT2D eigenvalue weighted by molar-refractivity contribution is -0.118. The molecule has 0 fully saturated rings. The van der Waals surface area contributed by atoms with Crippen molar-refractivity contribution in [2.24, 2.45) is 0 Å². The van der Waals surface area contributed by atoms with E-state index in [-0.39, 0.29) is 17.4 Å². The van der Waals surface area contributed by atoms with Gasteiger partial charge in [0, 0.05) is 6.07 Å². The van der Waals surface area contributed by atoms with Crippen LogP contribution in [0.2, 0.25) is 15.1 Å². The zero-order chi connectivity index (χ0) is 16.3. The summed E-state index contributed by atoms with van der Waals surface area (Å²) in [7, 11) is 0. The van der Waals surface area contributed by atoms with E-state index >= 15 is 0 Å². The van der Waals surface area contributed by atoms with Crippen molar-refractivity contribution in [2.45, 2.75) is 6.92 Å². The maximum Gasteiger partial charge on any atom is 0.262 e. The maximum absolute atomic E-state index is 13.0. The van der Waals surface area contributed by atoms with Crippen LogP contribution in [0.5, 0.6) is 5.75 Å². The highest BCUT2D eigenvalue weighted by Gasteiger charge is 2.12. The topological polar surface area (TPSA) is 38.3 Å². The summed E-state index contributed by atoms with van der Waals surface area (Å²) in [6, 6.07) is 7.21. The van der Waals surface area contributed by atoms with Crippen molar-refractivity contribution in [2.75, 3.05) is 11.9 Å². The summed E-state index contributed by atoms with van der Waals surface area (Å²) in [6.07, 6.45) is 0. The Morgan fingerprint density at radius 3 is 2.59 bits per heavy atom. The third-order valence-electron chi connectivity index (χ3n) is 2.81. The molecule has 0 bridgehead atoms. The number of carbonyl (C=O) groups excluding carboxylic acids is 1. The Kier molecular flexibility index (Phi) is 5.51. The van der Waals surface area contributed by atoms with Crippen LogP contribution in [0.15, 0.2) is 30.3 Å². The molecule has 0 heterocycles. The third kappa shape index (κ3) is 4.03. The average Bonchev–Trinajstić information content (AvgIpc) is 2.49. The smallest absolute Gasteiger partial charge is 0.262 e. The highest BCUT2D eigenvalue weighted by Crippen LogP contribution is 2.32. The fourth-order valence-corrected chi connectivity index (χ4v) is 2.30. The SMILES string of the molecule is Cc1ccc(Cl)c(NC(=O)COc2ccc(F)c(Cl)c2)c1Cl. The molecule has 0 unspecified atom stereocenters. The second kappa shape index (κ2) is 7.18. The van der Waals surface area contributed by atoms with Gasteiger partial charge in [-0.05, 0) is 30.7 Å². The molecule has 0 spiro atoms. The first-order valence-corrected chi connectivity index (χ1v) is 7.34. The second-order valence-corrected chi connectivity index (χ2v) is 5.66. The molecule has 0 saturated carbocycles. The van der Waals surface area contributed by atoms with Crippen LogP contribution >= 0.6 is 34.8 Å². The molecular formula is C15H11Cl3FNO2. The Hall–Kier alpha value is -1.49. The molecule has 0 radical (unpaired) electrons. The fraction of sp³-hybridized carbons (Fsp3) is 0.133. The van der Waals surface area contributed by atoms with Crippen molar-refractivity contribution in [3.05, 3.63) is 56.8 Å². The van der Waals surface area contributed by atoms with E-state index in [9.17, 15) is 9.18 Å². The molecule has 0 atom stereocenters. The van der Waals surface area contributed by atoms with E-state index in [4.69, 9.17) is 39.5 Å². The van der Waals surface area contributed by atoms with Crippen molar-refractivity contribution < 1.29 is 13.9 Å². The second-order valence-electron chi connectivity index (χ2n) is 4.47. The number of aryl methyl sites for hydroxylation is 1. The van der Waals surface area contributed by atoms with Gasteiger partial charge in [-0.1, -0.05) is 40.9 Å². The van der Waals surface area contributed by atoms with E-state index in [1.807, 2.05) is 0 Å². The van der Waals surface area contributed by atoms with Crippen molar-refractivity contribution >= 4 is 46.4 Å². The van der Waals surface area contributed by atoms with Gasteiger partial charge in [0.15, 0.2) is 6.61 Å². The Morgan fingerprint density at radius 1 is 1.18 bits per heavy atom. The molecule has 2 aromatic rings. The minimum Gasteiger partial charge on any atom is -0.484 e. The van der Waals surface area contributed by atoms with E-state index in [2.05, 4.69) is 5.32 Å². The van der Waals surface area contributed by atoms with Gasteiger partial charge < -0.3 is 10.1 Å². The van der Waals surface area contributed by atoms with Crippen LogP contribution in [0.25, 0.3) is 0 Å². The number of ether oxygens (including phenoxy) is 1. The van der Waals surface area contributed by atoms with Crippen LogP contribution < -0.4 is 10.1 Å². The summed E-state index contributed by atoms with van der Waals surface area (Å²) in [6.45, 7) is 1.51. The summed E-state index contributed by atoms with van der Waals surface area (Å²) in [5, 5.41) is 3.19. The molecular weight excluding hydrogens is 352 g/mol. The number of amides is 1. The number of benzene rings is 2. The predicted octanol–water partition coefficient (Wildman–Crippen LogP) is 5.11. The summed E-state index contributed by atoms with van der Waals surface area (Å²) < 4.78 is 18.3. The third-order valence-corrected chi connectivity index (χ3v) is 3.90. The van der Waals surface area contributed by atoms with Gasteiger partial charge in [-0.3, -0.25) is 4.79 Å². The number of hydrogen-bond donors (Lipinski definition) is 1. The zero-order valence-corrected chi connectivity index (χ0v) is 13.7. The lowest BCUT2D eigenvalue weighted by Gasteiger charge is -2.12. The van der Waals surface area contributed by atoms with Crippen LogP contribution in [-0.2, 0) is 4.79 Å². The highest BCUT2D eigenvalue weighted by atomic mass is 35.5. The molecule has 0 aliphatic heterocycles. The molecule has 0 saturated heterocycles. The number of anilines is 1. The largest absolute Gasteiger partial charge is 0.484 e. The Morgan fingerprint density at radius 2 is 1.91 bits per heavy atom. The summed E-state index contributed by atoms with van der Waals surface area (Å²) >= 11 is 17.7. The maximum atomic E-state index is 13.0. The number of halogens is 4. The molecule has 2 aromatic carbocycles. The highest BCUT2D eigenvalue weighted by molar-refractivity contribution is 6.40. The summed E-state index contributed by atoms with van der Waals surface area (Å²) in [4.78, 5) is 11.9. The first-order chi connectivity index (χ1) is 10.4. The quantitative estimate of drug-likeness (QED) is 0.820. The molecule has 3 nitrogen and oxygen atoms in total. The van der Waals surface area contributed by atoms with Gasteiger partial charge >= 0.3 is 0 Å². The van der Waals surface area contributed by atoms with E-state index in [1.54, 1.807) is 19.1 Å². The fourth-order valence-electron chi connectivity index (χ4n) is 1.66. The van der Waals surface area contributed by atoms with Crippen LogP contribution in [0.3, 0.4) is 0 Å². The van der Waals surface area contributed by atoms with Crippen molar-refractivity contribution in [1.29, 1.82) is 0 Å². The van der Waals surface area contributed by atoms with Crippen molar-refractivity contribution in [3.63, 3.8) is 0 Å². The summed E-state index contributed by atoms with van der Waals surface area (Å²) in [5.41, 5.74) is 1.11. The van der Waals surface area contributed by atoms with Crippen LogP contribution in [0.1, 0.15) is 5.56 Å². The normalized spacial score (nSPS) is 10.4. The lowest BCUT2D eigenvalue weighted by atomic mass is 10.2. The van der Waals surface area contributed by atoms with Gasteiger partial charge in [0.05, 0.1) is 20.8 Å². The predicted molar refractivity (Wildman–Crippen MR) is 86.7 cm³/mol. The lowest BCUT2D eigenvalue weighted by Crippen LogP contribution is -2.20. The molecule has 7 heteroatoms. The zero-order valence-electron chi connectivity index (χ0n) is 11.4. The number of carbonyl (C=O) groups is 1. The molecule has 1 N–H and O–H groups in total. The Balaban J connectivity index is 2.02. The molecule has 0 aromatic heterocycles. The van der Waals surface area contributed by atoms with Crippen molar-refractivity contribution in [3.8, 4) is 5.75 Å². The Bertz CT molecular complexity index is 722. The minimum atomic E-state index is -0.559. The van der Waals surface area contributed by atoms with Crippen LogP contribution in [0.4, 0.5) is 10.1 Å². The van der Waals surface area contributed by atoms with Gasteiger partial charge in [-0.15, -0.1) is 0 Å². The monoisotopic (exact) mass is 361 g/mol. The number of hydrogen-bond acceptors (Lipinski definition) is 2. The standard InChI is InChI=1S/C15H11Cl3FNO2/c1-8-2-4-10(16)15(14(8)18)20-13(21)7-22-9-3-5-12(19)11(17)6-9/h2-6H,7H2,1H3,(H,20,21). The average molecular weight is 363 g/mol. The van der Waals surface area contributed by atoms with E-state index in [0.29, 0.717) is 15.7 Å². The van der Waals surface area contributed by atoms with Gasteiger partial charge in [0.25, 0.3) is 5.91 Å². The molecule has 116 valence electrons. The molecule has 0 aliphatic rings. The molecule has 0 aliphatic carbocycles. The minimum absolute atomic E-state index is 0.0809. The van der Waals surface area contributed by atoms with Gasteiger partial charge in [0.2, 0.25) is 0 Å². The number of rotatable bonds is 4. The molecule has 2 rings (SSSR count). The van der Waals surface area contributed by atoms with E-state index in [1.165, 1.54) is 12.1 Å². The van der Waals surface area contributed by atoms with Gasteiger partial charge in [-0.25, -0.2) is 4.39 Å². The van der Waals surface area contributed by atoms with Gasteiger partial charge in [-0.2, -0.15) is 0 Å². The Labute approximate surface area is 141 Å². The first-order valence-electron chi connectivity index (χ1n) is 6.21. The van der Waals surface area contributed by atoms with Crippen LogP contribution in [-0.4, -0.2) is 12.5 Å². The number of nitrogens with one attached hydrogen (secondary N) is 1.